The third-order valence-corrected chi connectivity index (χ3v) is 5.85. The summed E-state index contributed by atoms with van der Waals surface area (Å²) in [6, 6.07) is -4.52. The summed E-state index contributed by atoms with van der Waals surface area (Å²) in [4.78, 5) is 65.5. The maximum absolute atomic E-state index is 13.3. The second-order valence-corrected chi connectivity index (χ2v) is 8.48. The summed E-state index contributed by atoms with van der Waals surface area (Å²) in [6.45, 7) is 1.60. The molecule has 14 heteroatoms. The van der Waals surface area contributed by atoms with E-state index in [4.69, 9.17) is 5.73 Å². The molecule has 14 nitrogen and oxygen atoms in total. The summed E-state index contributed by atoms with van der Waals surface area (Å²) in [5.41, 5.74) is 6.80. The molecule has 0 spiro atoms. The first kappa shape index (κ1) is 25.8. The van der Waals surface area contributed by atoms with E-state index in [0.29, 0.717) is 24.2 Å². The van der Waals surface area contributed by atoms with Gasteiger partial charge in [0.15, 0.2) is 0 Å². The molecular formula is C21H30N8O6. The number of amides is 3. The lowest BCUT2D eigenvalue weighted by Crippen LogP contribution is -2.59. The highest BCUT2D eigenvalue weighted by Gasteiger charge is 2.38. The van der Waals surface area contributed by atoms with Gasteiger partial charge in [-0.1, -0.05) is 0 Å². The fraction of sp³-hybridized carbons (Fsp3) is 0.524. The SMILES string of the molecule is CC(O)C(N)C(=O)NC(Cc1cnc[nH]1)C(=O)NC(Cc1cnc[nH]1)C(=O)N1CCCC1C(=O)O. The minimum Gasteiger partial charge on any atom is -0.480 e. The molecule has 8 N–H and O–H groups in total. The molecule has 0 aromatic carbocycles. The molecule has 0 saturated carbocycles. The van der Waals surface area contributed by atoms with Crippen molar-refractivity contribution < 1.29 is 29.4 Å². The standard InChI is InChI=1S/C21H30N8O6/c1-11(30)17(22)19(32)27-14(5-12-7-23-9-25-12)18(31)28-15(6-13-8-24-10-26-13)20(33)29-4-2-3-16(29)21(34)35/h7-11,14-17,30H,2-6,22H2,1H3,(H,23,25)(H,24,26)(H,27,32)(H,28,31)(H,34,35). The topological polar surface area (TPSA) is 219 Å². The van der Waals surface area contributed by atoms with E-state index in [0.717, 1.165) is 0 Å². The lowest BCUT2D eigenvalue weighted by molar-refractivity contribution is -0.149. The molecule has 0 radical (unpaired) electrons. The molecule has 5 atom stereocenters. The molecule has 1 aliphatic heterocycles. The number of aliphatic hydroxyl groups excluding tert-OH is 1. The van der Waals surface area contributed by atoms with E-state index in [1.54, 1.807) is 0 Å². The number of aliphatic carboxylic acids is 1. The zero-order valence-electron chi connectivity index (χ0n) is 19.2. The number of imidazole rings is 2. The van der Waals surface area contributed by atoms with Crippen molar-refractivity contribution in [3.05, 3.63) is 36.4 Å². The summed E-state index contributed by atoms with van der Waals surface area (Å²) < 4.78 is 0. The average molecular weight is 491 g/mol. The van der Waals surface area contributed by atoms with Gasteiger partial charge in [-0.25, -0.2) is 14.8 Å². The van der Waals surface area contributed by atoms with Crippen LogP contribution in [0, 0.1) is 0 Å². The second kappa shape index (κ2) is 11.6. The van der Waals surface area contributed by atoms with Crippen LogP contribution in [-0.4, -0.2) is 95.6 Å². The molecule has 0 bridgehead atoms. The number of likely N-dealkylation sites (tertiary alicyclic amines) is 1. The van der Waals surface area contributed by atoms with E-state index in [-0.39, 0.29) is 19.4 Å². The summed E-state index contributed by atoms with van der Waals surface area (Å²) in [5, 5.41) is 24.3. The van der Waals surface area contributed by atoms with Crippen LogP contribution < -0.4 is 16.4 Å². The first-order valence-electron chi connectivity index (χ1n) is 11.2. The van der Waals surface area contributed by atoms with E-state index in [1.807, 2.05) is 0 Å². The van der Waals surface area contributed by atoms with E-state index >= 15 is 0 Å². The number of hydrogen-bond donors (Lipinski definition) is 7. The third kappa shape index (κ3) is 6.64. The van der Waals surface area contributed by atoms with Crippen LogP contribution in [0.5, 0.6) is 0 Å². The number of nitrogens with one attached hydrogen (secondary N) is 4. The number of nitrogens with two attached hydrogens (primary N) is 1. The molecular weight excluding hydrogens is 460 g/mol. The number of aliphatic hydroxyl groups is 1. The van der Waals surface area contributed by atoms with Crippen LogP contribution in [0.2, 0.25) is 0 Å². The van der Waals surface area contributed by atoms with Crippen molar-refractivity contribution in [1.82, 2.24) is 35.5 Å². The van der Waals surface area contributed by atoms with Gasteiger partial charge in [0.05, 0.1) is 18.8 Å². The van der Waals surface area contributed by atoms with Crippen LogP contribution in [0.3, 0.4) is 0 Å². The van der Waals surface area contributed by atoms with Gasteiger partial charge in [-0.3, -0.25) is 14.4 Å². The Hall–Kier alpha value is -3.78. The molecule has 1 aliphatic rings. The Morgan fingerprint density at radius 2 is 1.66 bits per heavy atom. The third-order valence-electron chi connectivity index (χ3n) is 5.85. The Kier molecular flexibility index (Phi) is 8.54. The highest BCUT2D eigenvalue weighted by atomic mass is 16.4. The molecule has 2 aromatic heterocycles. The van der Waals surface area contributed by atoms with Gasteiger partial charge in [0, 0.05) is 43.2 Å². The van der Waals surface area contributed by atoms with Crippen LogP contribution in [0.15, 0.2) is 25.0 Å². The highest BCUT2D eigenvalue weighted by Crippen LogP contribution is 2.19. The molecule has 5 unspecified atom stereocenters. The van der Waals surface area contributed by atoms with E-state index in [9.17, 15) is 29.4 Å². The Labute approximate surface area is 200 Å². The van der Waals surface area contributed by atoms with Crippen molar-refractivity contribution in [3.63, 3.8) is 0 Å². The monoisotopic (exact) mass is 490 g/mol. The lowest BCUT2D eigenvalue weighted by Gasteiger charge is -2.29. The zero-order chi connectivity index (χ0) is 25.5. The first-order valence-corrected chi connectivity index (χ1v) is 11.2. The van der Waals surface area contributed by atoms with Crippen molar-refractivity contribution in [1.29, 1.82) is 0 Å². The van der Waals surface area contributed by atoms with E-state index in [2.05, 4.69) is 30.6 Å². The number of hydrogen-bond acceptors (Lipinski definition) is 8. The number of carbonyl (C=O) groups is 4. The van der Waals surface area contributed by atoms with Gasteiger partial charge in [0.2, 0.25) is 17.7 Å². The molecule has 0 aliphatic carbocycles. The Morgan fingerprint density at radius 1 is 1.09 bits per heavy atom. The molecule has 35 heavy (non-hydrogen) atoms. The van der Waals surface area contributed by atoms with Crippen LogP contribution in [0.4, 0.5) is 0 Å². The Morgan fingerprint density at radius 3 is 2.17 bits per heavy atom. The van der Waals surface area contributed by atoms with Crippen molar-refractivity contribution in [2.75, 3.05) is 6.54 Å². The summed E-state index contributed by atoms with van der Waals surface area (Å²) in [7, 11) is 0. The minimum absolute atomic E-state index is 0.0105. The molecule has 3 rings (SSSR count). The van der Waals surface area contributed by atoms with E-state index < -0.39 is 54.0 Å². The smallest absolute Gasteiger partial charge is 0.326 e. The minimum atomic E-state index is -1.27. The largest absolute Gasteiger partial charge is 0.480 e. The second-order valence-electron chi connectivity index (χ2n) is 8.48. The van der Waals surface area contributed by atoms with Gasteiger partial charge < -0.3 is 41.4 Å². The molecule has 1 fully saturated rings. The number of carboxylic acids is 1. The Bertz CT molecular complexity index is 1010. The zero-order valence-corrected chi connectivity index (χ0v) is 19.2. The average Bonchev–Trinajstić information content (AvgIpc) is 3.59. The molecule has 3 heterocycles. The van der Waals surface area contributed by atoms with Crippen LogP contribution in [0.1, 0.15) is 31.2 Å². The fourth-order valence-corrected chi connectivity index (χ4v) is 3.89. The summed E-state index contributed by atoms with van der Waals surface area (Å²) in [6.07, 6.45) is 5.56. The van der Waals surface area contributed by atoms with Gasteiger partial charge in [-0.05, 0) is 19.8 Å². The molecule has 3 amide bonds. The van der Waals surface area contributed by atoms with Gasteiger partial charge in [0.1, 0.15) is 24.2 Å². The highest BCUT2D eigenvalue weighted by molar-refractivity contribution is 5.94. The number of H-pyrrole nitrogens is 2. The number of carbonyl (C=O) groups excluding carboxylic acids is 3. The van der Waals surface area contributed by atoms with Crippen LogP contribution in [-0.2, 0) is 32.0 Å². The van der Waals surface area contributed by atoms with Crippen molar-refractivity contribution in [2.45, 2.75) is 62.9 Å². The van der Waals surface area contributed by atoms with Gasteiger partial charge in [-0.2, -0.15) is 0 Å². The molecule has 2 aromatic rings. The maximum atomic E-state index is 13.3. The molecule has 190 valence electrons. The maximum Gasteiger partial charge on any atom is 0.326 e. The first-order chi connectivity index (χ1) is 16.7. The van der Waals surface area contributed by atoms with Gasteiger partial charge in [-0.15, -0.1) is 0 Å². The van der Waals surface area contributed by atoms with Crippen LogP contribution in [0.25, 0.3) is 0 Å². The van der Waals surface area contributed by atoms with Crippen LogP contribution >= 0.6 is 0 Å². The summed E-state index contributed by atoms with van der Waals surface area (Å²) in [5.74, 6) is -3.10. The summed E-state index contributed by atoms with van der Waals surface area (Å²) >= 11 is 0. The normalized spacial score (nSPS) is 18.9. The van der Waals surface area contributed by atoms with Gasteiger partial charge in [0.25, 0.3) is 0 Å². The van der Waals surface area contributed by atoms with Gasteiger partial charge >= 0.3 is 5.97 Å². The molecule has 1 saturated heterocycles. The predicted octanol–water partition coefficient (Wildman–Crippen LogP) is -2.33. The Balaban J connectivity index is 1.81. The van der Waals surface area contributed by atoms with Crippen molar-refractivity contribution in [3.8, 4) is 0 Å². The number of aromatic nitrogens is 4. The van der Waals surface area contributed by atoms with Crippen molar-refractivity contribution in [2.24, 2.45) is 5.73 Å². The fourth-order valence-electron chi connectivity index (χ4n) is 3.89. The lowest BCUT2D eigenvalue weighted by atomic mass is 10.1. The predicted molar refractivity (Wildman–Crippen MR) is 120 cm³/mol. The number of carboxylic acid groups (broad SMARTS) is 1. The van der Waals surface area contributed by atoms with Crippen molar-refractivity contribution >= 4 is 23.7 Å². The number of aromatic amines is 2. The quantitative estimate of drug-likeness (QED) is 0.179. The number of rotatable bonds is 11. The number of nitrogens with zero attached hydrogens (tertiary/aromatic N) is 3. The van der Waals surface area contributed by atoms with E-state index in [1.165, 1.54) is 36.9 Å².